The highest BCUT2D eigenvalue weighted by Gasteiger charge is 2.15. The smallest absolute Gasteiger partial charge is 0.341 e. The molecule has 0 aliphatic heterocycles. The molecule has 0 unspecified atom stereocenters. The van der Waals surface area contributed by atoms with Gasteiger partial charge >= 0.3 is 5.97 Å². The highest BCUT2D eigenvalue weighted by molar-refractivity contribution is 7.98. The van der Waals surface area contributed by atoms with Gasteiger partial charge < -0.3 is 14.9 Å². The van der Waals surface area contributed by atoms with Gasteiger partial charge in [0.05, 0.1) is 12.9 Å². The Morgan fingerprint density at radius 3 is 2.85 bits per heavy atom. The number of hydrogen-bond acceptors (Lipinski definition) is 5. The first-order valence-corrected chi connectivity index (χ1v) is 7.17. The predicted octanol–water partition coefficient (Wildman–Crippen LogP) is 3.56. The predicted molar refractivity (Wildman–Crippen MR) is 79.9 cm³/mol. The number of nitrogens with two attached hydrogens (primary N) is 1. The van der Waals surface area contributed by atoms with E-state index in [0.29, 0.717) is 17.1 Å². The lowest BCUT2D eigenvalue weighted by atomic mass is 10.2. The lowest BCUT2D eigenvalue weighted by Gasteiger charge is -2.06. The summed E-state index contributed by atoms with van der Waals surface area (Å²) in [6.45, 7) is 3.75. The van der Waals surface area contributed by atoms with Crippen molar-refractivity contribution in [3.63, 3.8) is 0 Å². The number of rotatable bonds is 4. The number of anilines is 1. The maximum absolute atomic E-state index is 11.5. The number of carbonyl (C=O) groups is 1. The summed E-state index contributed by atoms with van der Waals surface area (Å²) in [5, 5.41) is 0. The first kappa shape index (κ1) is 14.5. The van der Waals surface area contributed by atoms with Crippen LogP contribution in [0.25, 0.3) is 0 Å². The zero-order valence-corrected chi connectivity index (χ0v) is 12.5. The van der Waals surface area contributed by atoms with Gasteiger partial charge in [0.1, 0.15) is 17.1 Å². The lowest BCUT2D eigenvalue weighted by molar-refractivity contribution is 0.0599. The third kappa shape index (κ3) is 2.99. The van der Waals surface area contributed by atoms with E-state index in [-0.39, 0.29) is 5.97 Å². The third-order valence-corrected chi connectivity index (χ3v) is 4.25. The molecule has 106 valence electrons. The molecule has 5 heteroatoms. The van der Waals surface area contributed by atoms with Crippen LogP contribution < -0.4 is 5.73 Å². The van der Waals surface area contributed by atoms with Crippen molar-refractivity contribution in [1.29, 1.82) is 0 Å². The molecule has 1 heterocycles. The quantitative estimate of drug-likeness (QED) is 0.530. The molecule has 4 nitrogen and oxygen atoms in total. The number of thioether (sulfide) groups is 1. The zero-order chi connectivity index (χ0) is 14.7. The number of furan rings is 1. The fraction of sp³-hybridized carbons (Fsp3) is 0.267. The highest BCUT2D eigenvalue weighted by atomic mass is 32.2. The van der Waals surface area contributed by atoms with Gasteiger partial charge in [-0.15, -0.1) is 11.8 Å². The van der Waals surface area contributed by atoms with Gasteiger partial charge in [0, 0.05) is 10.6 Å². The maximum Gasteiger partial charge on any atom is 0.341 e. The zero-order valence-electron chi connectivity index (χ0n) is 11.7. The van der Waals surface area contributed by atoms with E-state index in [2.05, 4.69) is 0 Å². The Hall–Kier alpha value is -1.88. The van der Waals surface area contributed by atoms with Crippen molar-refractivity contribution < 1.29 is 13.9 Å². The molecule has 0 saturated heterocycles. The Morgan fingerprint density at radius 2 is 2.15 bits per heavy atom. The van der Waals surface area contributed by atoms with Crippen molar-refractivity contribution in [1.82, 2.24) is 0 Å². The summed E-state index contributed by atoms with van der Waals surface area (Å²) in [5.74, 6) is 1.59. The fourth-order valence-corrected chi connectivity index (χ4v) is 2.81. The molecule has 2 N–H and O–H groups in total. The van der Waals surface area contributed by atoms with Crippen LogP contribution in [0, 0.1) is 13.8 Å². The monoisotopic (exact) mass is 291 g/mol. The molecule has 1 aromatic heterocycles. The second-order valence-corrected chi connectivity index (χ2v) is 5.45. The van der Waals surface area contributed by atoms with Gasteiger partial charge in [0.25, 0.3) is 0 Å². The fourth-order valence-electron chi connectivity index (χ4n) is 1.86. The Bertz CT molecular complexity index is 634. The van der Waals surface area contributed by atoms with E-state index < -0.39 is 0 Å². The first-order valence-electron chi connectivity index (χ1n) is 6.18. The summed E-state index contributed by atoms with van der Waals surface area (Å²) in [6.07, 6.45) is 0. The number of methoxy groups -OCH3 is 1. The molecule has 20 heavy (non-hydrogen) atoms. The molecule has 2 aromatic rings. The Balaban J connectivity index is 2.12. The van der Waals surface area contributed by atoms with Gasteiger partial charge in [-0.25, -0.2) is 4.79 Å². The van der Waals surface area contributed by atoms with Gasteiger partial charge in [0.2, 0.25) is 0 Å². The minimum atomic E-state index is -0.373. The van der Waals surface area contributed by atoms with E-state index in [0.717, 1.165) is 21.9 Å². The van der Waals surface area contributed by atoms with E-state index in [4.69, 9.17) is 14.9 Å². The SMILES string of the molecule is COC(=O)c1cc(CSc2cccc(N)c2C)oc1C. The molecule has 2 rings (SSSR count). The van der Waals surface area contributed by atoms with Crippen LogP contribution in [-0.2, 0) is 10.5 Å². The van der Waals surface area contributed by atoms with Gasteiger partial charge in [-0.2, -0.15) is 0 Å². The second kappa shape index (κ2) is 6.05. The summed E-state index contributed by atoms with van der Waals surface area (Å²) >= 11 is 1.63. The van der Waals surface area contributed by atoms with Gasteiger partial charge in [-0.05, 0) is 37.6 Å². The molecular formula is C15H17NO3S. The Morgan fingerprint density at radius 1 is 1.40 bits per heavy atom. The van der Waals surface area contributed by atoms with Gasteiger partial charge in [0.15, 0.2) is 0 Å². The summed E-state index contributed by atoms with van der Waals surface area (Å²) in [4.78, 5) is 12.6. The van der Waals surface area contributed by atoms with E-state index >= 15 is 0 Å². The Labute approximate surface area is 122 Å². The van der Waals surface area contributed by atoms with E-state index in [1.54, 1.807) is 24.8 Å². The minimum absolute atomic E-state index is 0.373. The maximum atomic E-state index is 11.5. The molecule has 1 aromatic carbocycles. The van der Waals surface area contributed by atoms with Crippen molar-refractivity contribution in [3.05, 3.63) is 46.9 Å². The summed E-state index contributed by atoms with van der Waals surface area (Å²) in [6, 6.07) is 7.56. The van der Waals surface area contributed by atoms with Gasteiger partial charge in [-0.3, -0.25) is 0 Å². The van der Waals surface area contributed by atoms with E-state index in [1.165, 1.54) is 7.11 Å². The largest absolute Gasteiger partial charge is 0.465 e. The summed E-state index contributed by atoms with van der Waals surface area (Å²) < 4.78 is 10.3. The highest BCUT2D eigenvalue weighted by Crippen LogP contribution is 2.30. The van der Waals surface area contributed by atoms with Crippen molar-refractivity contribution >= 4 is 23.4 Å². The topological polar surface area (TPSA) is 65.5 Å². The third-order valence-electron chi connectivity index (χ3n) is 3.07. The number of ether oxygens (including phenoxy) is 1. The second-order valence-electron chi connectivity index (χ2n) is 4.43. The lowest BCUT2D eigenvalue weighted by Crippen LogP contribution is -2.00. The van der Waals surface area contributed by atoms with Crippen LogP contribution in [0.15, 0.2) is 33.6 Å². The average molecular weight is 291 g/mol. The number of nitrogen functional groups attached to an aromatic ring is 1. The molecule has 0 atom stereocenters. The van der Waals surface area contributed by atoms with Crippen LogP contribution in [0.5, 0.6) is 0 Å². The summed E-state index contributed by atoms with van der Waals surface area (Å²) in [7, 11) is 1.36. The molecule has 0 saturated carbocycles. The van der Waals surface area contributed by atoms with Crippen LogP contribution >= 0.6 is 11.8 Å². The van der Waals surface area contributed by atoms with E-state index in [9.17, 15) is 4.79 Å². The van der Waals surface area contributed by atoms with Crippen LogP contribution in [0.4, 0.5) is 5.69 Å². The molecule has 0 aliphatic carbocycles. The average Bonchev–Trinajstić information content (AvgIpc) is 2.81. The minimum Gasteiger partial charge on any atom is -0.465 e. The summed E-state index contributed by atoms with van der Waals surface area (Å²) in [5.41, 5.74) is 8.20. The number of carbonyl (C=O) groups excluding carboxylic acids is 1. The van der Waals surface area contributed by atoms with Crippen molar-refractivity contribution in [2.75, 3.05) is 12.8 Å². The standard InChI is InChI=1S/C15H17NO3S/c1-9-13(16)5-4-6-14(9)20-8-11-7-12(10(2)19-11)15(17)18-3/h4-7H,8,16H2,1-3H3. The van der Waals surface area contributed by atoms with Crippen LogP contribution in [0.2, 0.25) is 0 Å². The number of benzene rings is 1. The molecule has 0 radical (unpaired) electrons. The first-order chi connectivity index (χ1) is 9.52. The van der Waals surface area contributed by atoms with Crippen molar-refractivity contribution in [2.24, 2.45) is 0 Å². The van der Waals surface area contributed by atoms with Crippen molar-refractivity contribution in [3.8, 4) is 0 Å². The van der Waals surface area contributed by atoms with Crippen molar-refractivity contribution in [2.45, 2.75) is 24.5 Å². The molecule has 0 aliphatic rings. The molecule has 0 bridgehead atoms. The van der Waals surface area contributed by atoms with Crippen LogP contribution in [-0.4, -0.2) is 13.1 Å². The van der Waals surface area contributed by atoms with Crippen LogP contribution in [0.1, 0.15) is 27.4 Å². The number of aryl methyl sites for hydroxylation is 1. The number of hydrogen-bond donors (Lipinski definition) is 1. The van der Waals surface area contributed by atoms with Crippen LogP contribution in [0.3, 0.4) is 0 Å². The number of esters is 1. The molecule has 0 amide bonds. The van der Waals surface area contributed by atoms with Gasteiger partial charge in [-0.1, -0.05) is 6.07 Å². The normalized spacial score (nSPS) is 10.6. The van der Waals surface area contributed by atoms with E-state index in [1.807, 2.05) is 25.1 Å². The molecular weight excluding hydrogens is 274 g/mol. The molecule has 0 fully saturated rings. The Kier molecular flexibility index (Phi) is 4.39. The molecule has 0 spiro atoms.